The summed E-state index contributed by atoms with van der Waals surface area (Å²) in [5.41, 5.74) is 5.82. The van der Waals surface area contributed by atoms with Gasteiger partial charge in [-0.2, -0.15) is 0 Å². The van der Waals surface area contributed by atoms with Gasteiger partial charge in [-0.1, -0.05) is 24.3 Å². The lowest BCUT2D eigenvalue weighted by atomic mass is 10.1. The molecule has 2 N–H and O–H groups in total. The molecule has 0 saturated carbocycles. The Morgan fingerprint density at radius 1 is 1.22 bits per heavy atom. The number of carbonyl (C=O) groups is 1. The number of carbonyl (C=O) groups excluding carboxylic acids is 1. The van der Waals surface area contributed by atoms with Gasteiger partial charge in [0.15, 0.2) is 5.82 Å². The van der Waals surface area contributed by atoms with Crippen LogP contribution in [0.1, 0.15) is 10.4 Å². The normalized spacial score (nSPS) is 10.3. The monoisotopic (exact) mass is 312 g/mol. The van der Waals surface area contributed by atoms with Crippen molar-refractivity contribution in [2.75, 3.05) is 12.5 Å². The number of nitrogens with one attached hydrogen (secondary N) is 2. The summed E-state index contributed by atoms with van der Waals surface area (Å²) in [4.78, 5) is 20.1. The molecule has 23 heavy (non-hydrogen) atoms. The van der Waals surface area contributed by atoms with Crippen molar-refractivity contribution in [2.24, 2.45) is 0 Å². The van der Waals surface area contributed by atoms with E-state index in [1.165, 1.54) is 25.6 Å². The first-order chi connectivity index (χ1) is 11.2. The number of amides is 1. The topological polar surface area (TPSA) is 76.1 Å². The highest BCUT2D eigenvalue weighted by atomic mass is 19.1. The average molecular weight is 312 g/mol. The Labute approximate surface area is 131 Å². The average Bonchev–Trinajstić information content (AvgIpc) is 2.59. The molecule has 0 radical (unpaired) electrons. The van der Waals surface area contributed by atoms with Crippen LogP contribution < -0.4 is 15.6 Å². The quantitative estimate of drug-likeness (QED) is 0.724. The van der Waals surface area contributed by atoms with Crippen molar-refractivity contribution >= 4 is 22.4 Å². The highest BCUT2D eigenvalue weighted by Gasteiger charge is 2.11. The van der Waals surface area contributed by atoms with E-state index < -0.39 is 5.82 Å². The van der Waals surface area contributed by atoms with Crippen LogP contribution in [-0.2, 0) is 0 Å². The molecular weight excluding hydrogens is 299 g/mol. The maximum absolute atomic E-state index is 13.6. The molecule has 0 atom stereocenters. The van der Waals surface area contributed by atoms with Gasteiger partial charge in [0.05, 0.1) is 24.6 Å². The van der Waals surface area contributed by atoms with Crippen molar-refractivity contribution in [1.29, 1.82) is 0 Å². The molecular formula is C16H13FN4O2. The van der Waals surface area contributed by atoms with Crippen LogP contribution >= 0.6 is 0 Å². The number of nitrogens with zero attached hydrogens (tertiary/aromatic N) is 2. The lowest BCUT2D eigenvalue weighted by molar-refractivity contribution is 0.0964. The second kappa shape index (κ2) is 6.27. The van der Waals surface area contributed by atoms with Gasteiger partial charge in [0, 0.05) is 23.8 Å². The van der Waals surface area contributed by atoms with E-state index in [0.29, 0.717) is 11.3 Å². The van der Waals surface area contributed by atoms with Crippen LogP contribution in [0.3, 0.4) is 0 Å². The third-order valence-electron chi connectivity index (χ3n) is 3.23. The van der Waals surface area contributed by atoms with Crippen LogP contribution in [0, 0.1) is 5.82 Å². The Hall–Kier alpha value is -3.22. The summed E-state index contributed by atoms with van der Waals surface area (Å²) >= 11 is 0. The van der Waals surface area contributed by atoms with Gasteiger partial charge in [0.2, 0.25) is 5.88 Å². The third kappa shape index (κ3) is 3.03. The number of rotatable bonds is 4. The Kier molecular flexibility index (Phi) is 4.01. The number of fused-ring (bicyclic) bond motifs is 1. The predicted octanol–water partition coefficient (Wildman–Crippen LogP) is 2.53. The van der Waals surface area contributed by atoms with Gasteiger partial charge < -0.3 is 4.74 Å². The van der Waals surface area contributed by atoms with Crippen LogP contribution in [0.4, 0.5) is 10.1 Å². The molecule has 0 bridgehead atoms. The molecule has 0 spiro atoms. The Balaban J connectivity index is 1.78. The molecule has 0 unspecified atom stereocenters. The van der Waals surface area contributed by atoms with Gasteiger partial charge in [-0.3, -0.25) is 20.6 Å². The van der Waals surface area contributed by atoms with Gasteiger partial charge in [0.1, 0.15) is 0 Å². The van der Waals surface area contributed by atoms with Crippen LogP contribution in [0.2, 0.25) is 0 Å². The Morgan fingerprint density at radius 3 is 2.83 bits per heavy atom. The maximum atomic E-state index is 13.6. The summed E-state index contributed by atoms with van der Waals surface area (Å²) < 4.78 is 18.3. The molecule has 116 valence electrons. The summed E-state index contributed by atoms with van der Waals surface area (Å²) in [6.45, 7) is 0. The summed E-state index contributed by atoms with van der Waals surface area (Å²) in [5, 5.41) is 1.64. The summed E-state index contributed by atoms with van der Waals surface area (Å²) in [6.07, 6.45) is 4.51. The van der Waals surface area contributed by atoms with E-state index in [0.717, 1.165) is 10.8 Å². The number of methoxy groups -OCH3 is 1. The zero-order chi connectivity index (χ0) is 16.2. The first-order valence-electron chi connectivity index (χ1n) is 6.77. The van der Waals surface area contributed by atoms with E-state index >= 15 is 0 Å². The second-order valence-electron chi connectivity index (χ2n) is 4.70. The smallest absolute Gasteiger partial charge is 0.271 e. The van der Waals surface area contributed by atoms with Crippen LogP contribution in [0.25, 0.3) is 10.8 Å². The van der Waals surface area contributed by atoms with Crippen molar-refractivity contribution in [3.63, 3.8) is 0 Å². The number of benzene rings is 1. The van der Waals surface area contributed by atoms with E-state index in [2.05, 4.69) is 20.8 Å². The molecule has 0 saturated heterocycles. The zero-order valence-corrected chi connectivity index (χ0v) is 12.2. The van der Waals surface area contributed by atoms with Gasteiger partial charge in [-0.05, 0) is 5.39 Å². The molecule has 1 aromatic carbocycles. The molecule has 3 aromatic rings. The van der Waals surface area contributed by atoms with E-state index in [-0.39, 0.29) is 11.8 Å². The molecule has 0 fully saturated rings. The number of hydrazine groups is 1. The van der Waals surface area contributed by atoms with Gasteiger partial charge in [0.25, 0.3) is 5.91 Å². The molecule has 2 heterocycles. The Bertz CT molecular complexity index is 864. The lowest BCUT2D eigenvalue weighted by Crippen LogP contribution is -2.29. The first kappa shape index (κ1) is 14.7. The molecule has 7 heteroatoms. The minimum atomic E-state index is -0.626. The number of hydrogen-bond donors (Lipinski definition) is 2. The molecule has 6 nitrogen and oxygen atoms in total. The zero-order valence-electron chi connectivity index (χ0n) is 12.2. The fourth-order valence-electron chi connectivity index (χ4n) is 2.14. The van der Waals surface area contributed by atoms with E-state index in [1.54, 1.807) is 6.20 Å². The highest BCUT2D eigenvalue weighted by Crippen LogP contribution is 2.18. The molecule has 0 aliphatic carbocycles. The maximum Gasteiger partial charge on any atom is 0.271 e. The first-order valence-corrected chi connectivity index (χ1v) is 6.77. The van der Waals surface area contributed by atoms with E-state index in [4.69, 9.17) is 4.74 Å². The van der Waals surface area contributed by atoms with Crippen molar-refractivity contribution in [2.45, 2.75) is 0 Å². The molecule has 2 aromatic heterocycles. The molecule has 3 rings (SSSR count). The number of hydrogen-bond acceptors (Lipinski definition) is 5. The van der Waals surface area contributed by atoms with Gasteiger partial charge in [-0.15, -0.1) is 0 Å². The summed E-state index contributed by atoms with van der Waals surface area (Å²) in [5.74, 6) is -1.12. The fourth-order valence-corrected chi connectivity index (χ4v) is 2.14. The number of ether oxygens (including phenoxy) is 1. The van der Waals surface area contributed by atoms with Crippen LogP contribution in [-0.4, -0.2) is 23.0 Å². The van der Waals surface area contributed by atoms with Crippen LogP contribution in [0.15, 0.2) is 48.9 Å². The summed E-state index contributed by atoms with van der Waals surface area (Å²) in [6, 6.07) is 8.59. The summed E-state index contributed by atoms with van der Waals surface area (Å²) in [7, 11) is 1.33. The van der Waals surface area contributed by atoms with Crippen molar-refractivity contribution in [3.05, 3.63) is 60.3 Å². The van der Waals surface area contributed by atoms with Gasteiger partial charge >= 0.3 is 0 Å². The van der Waals surface area contributed by atoms with E-state index in [9.17, 15) is 9.18 Å². The number of halogens is 1. The molecule has 0 aliphatic rings. The fraction of sp³-hybridized carbons (Fsp3) is 0.0625. The van der Waals surface area contributed by atoms with Crippen molar-refractivity contribution in [1.82, 2.24) is 15.4 Å². The van der Waals surface area contributed by atoms with Crippen molar-refractivity contribution < 1.29 is 13.9 Å². The minimum Gasteiger partial charge on any atom is -0.479 e. The van der Waals surface area contributed by atoms with Gasteiger partial charge in [-0.25, -0.2) is 9.37 Å². The minimum absolute atomic E-state index is 0.111. The number of pyridine rings is 2. The SMILES string of the molecule is COc1ncc(NNC(=O)c2cncc3ccccc23)cc1F. The second-order valence-corrected chi connectivity index (χ2v) is 4.70. The lowest BCUT2D eigenvalue weighted by Gasteiger charge is -2.10. The molecule has 1 amide bonds. The van der Waals surface area contributed by atoms with Crippen molar-refractivity contribution in [3.8, 4) is 5.88 Å². The highest BCUT2D eigenvalue weighted by molar-refractivity contribution is 6.06. The Morgan fingerprint density at radius 2 is 2.04 bits per heavy atom. The van der Waals surface area contributed by atoms with E-state index in [1.807, 2.05) is 24.3 Å². The standard InChI is InChI=1S/C16H13FN4O2/c1-23-16-14(17)6-11(8-19-16)20-21-15(22)13-9-18-7-10-4-2-3-5-12(10)13/h2-9,20H,1H3,(H,21,22). The third-order valence-corrected chi connectivity index (χ3v) is 3.23. The largest absolute Gasteiger partial charge is 0.479 e. The number of anilines is 1. The predicted molar refractivity (Wildman–Crippen MR) is 83.6 cm³/mol. The van der Waals surface area contributed by atoms with Crippen LogP contribution in [0.5, 0.6) is 5.88 Å². The molecule has 0 aliphatic heterocycles. The number of aromatic nitrogens is 2.